The average Bonchev–Trinajstić information content (AvgIpc) is 3.05. The van der Waals surface area contributed by atoms with Gasteiger partial charge >= 0.3 is 0 Å². The molecule has 5 nitrogen and oxygen atoms in total. The number of rotatable bonds is 2. The van der Waals surface area contributed by atoms with E-state index in [1.54, 1.807) is 0 Å². The summed E-state index contributed by atoms with van der Waals surface area (Å²) in [6.07, 6.45) is 1.88. The zero-order valence-electron chi connectivity index (χ0n) is 15.5. The van der Waals surface area contributed by atoms with Gasteiger partial charge in [0.15, 0.2) is 10.4 Å². The largest absolute Gasteiger partial charge is 0.369 e. The number of likely N-dealkylation sites (N-methyl/N-ethyl adjacent to an activating group) is 1. The first-order chi connectivity index (χ1) is 12.2. The van der Waals surface area contributed by atoms with Crippen molar-refractivity contribution in [3.63, 3.8) is 0 Å². The number of fused-ring (bicyclic) bond motifs is 1. The van der Waals surface area contributed by atoms with Crippen LogP contribution in [0.15, 0.2) is 48.7 Å². The second-order valence-electron chi connectivity index (χ2n) is 5.86. The number of benzene rings is 1. The standard InChI is InChI=1S/C12H17FN2.C6H5N3S.3ClH/c1-2-14-7-9-15(10-8-14)12-5-3-11(13)4-6-12;10-6-8-7-5-3-1-2-4-9(5)6;;;/h3-6H,2,7-10H2,1H3;1-4H,(H,8,10);3*1H. The third-order valence-electron chi connectivity index (χ3n) is 4.33. The summed E-state index contributed by atoms with van der Waals surface area (Å²) in [5.41, 5.74) is 1.99. The van der Waals surface area contributed by atoms with E-state index < -0.39 is 0 Å². The van der Waals surface area contributed by atoms with Crippen molar-refractivity contribution in [3.05, 3.63) is 59.2 Å². The quantitative estimate of drug-likeness (QED) is 0.557. The molecule has 1 saturated heterocycles. The summed E-state index contributed by atoms with van der Waals surface area (Å²) in [5.74, 6) is -0.161. The number of aromatic amines is 1. The van der Waals surface area contributed by atoms with Crippen LogP contribution < -0.4 is 4.90 Å². The summed E-state index contributed by atoms with van der Waals surface area (Å²) in [6, 6.07) is 12.5. The van der Waals surface area contributed by atoms with Crippen LogP contribution in [0.5, 0.6) is 0 Å². The molecule has 1 aromatic carbocycles. The van der Waals surface area contributed by atoms with E-state index in [9.17, 15) is 4.39 Å². The molecule has 2 aromatic heterocycles. The number of hydrogen-bond acceptors (Lipinski definition) is 4. The highest BCUT2D eigenvalue weighted by Crippen LogP contribution is 2.16. The molecular weight excluding hydrogens is 444 g/mol. The zero-order chi connectivity index (χ0) is 17.6. The summed E-state index contributed by atoms with van der Waals surface area (Å²) >= 11 is 4.93. The lowest BCUT2D eigenvalue weighted by atomic mass is 10.2. The smallest absolute Gasteiger partial charge is 0.199 e. The second kappa shape index (κ2) is 13.0. The van der Waals surface area contributed by atoms with Crippen LogP contribution in [0.25, 0.3) is 5.65 Å². The van der Waals surface area contributed by atoms with Gasteiger partial charge in [0.25, 0.3) is 0 Å². The molecule has 0 aliphatic carbocycles. The number of nitrogens with zero attached hydrogens (tertiary/aromatic N) is 4. The van der Waals surface area contributed by atoms with Crippen LogP contribution in [0.4, 0.5) is 10.1 Å². The fourth-order valence-electron chi connectivity index (χ4n) is 2.83. The lowest BCUT2D eigenvalue weighted by Crippen LogP contribution is -2.46. The van der Waals surface area contributed by atoms with Crippen molar-refractivity contribution in [3.8, 4) is 0 Å². The van der Waals surface area contributed by atoms with Gasteiger partial charge in [-0.25, -0.2) is 4.39 Å². The maximum absolute atomic E-state index is 12.7. The van der Waals surface area contributed by atoms with Crippen LogP contribution in [-0.2, 0) is 0 Å². The van der Waals surface area contributed by atoms with Gasteiger partial charge < -0.3 is 9.80 Å². The third-order valence-corrected chi connectivity index (χ3v) is 4.62. The van der Waals surface area contributed by atoms with Crippen LogP contribution in [0.2, 0.25) is 0 Å². The monoisotopic (exact) mass is 467 g/mol. The molecule has 0 spiro atoms. The Labute approximate surface area is 188 Å². The van der Waals surface area contributed by atoms with Crippen molar-refractivity contribution in [1.29, 1.82) is 0 Å². The molecule has 1 fully saturated rings. The summed E-state index contributed by atoms with van der Waals surface area (Å²) in [5, 5.41) is 6.66. The molecule has 0 bridgehead atoms. The summed E-state index contributed by atoms with van der Waals surface area (Å²) in [6.45, 7) is 7.60. The van der Waals surface area contributed by atoms with Gasteiger partial charge in [0.1, 0.15) is 5.82 Å². The predicted octanol–water partition coefficient (Wildman–Crippen LogP) is 4.62. The molecule has 1 aliphatic rings. The number of piperazine rings is 1. The normalized spacial score (nSPS) is 13.4. The van der Waals surface area contributed by atoms with E-state index in [1.165, 1.54) is 12.1 Å². The summed E-state index contributed by atoms with van der Waals surface area (Å²) in [7, 11) is 0. The highest BCUT2D eigenvalue weighted by Gasteiger charge is 2.15. The first-order valence-corrected chi connectivity index (χ1v) is 8.83. The molecule has 0 unspecified atom stereocenters. The van der Waals surface area contributed by atoms with Crippen molar-refractivity contribution in [2.75, 3.05) is 37.6 Å². The predicted molar refractivity (Wildman–Crippen MR) is 123 cm³/mol. The Kier molecular flexibility index (Phi) is 12.3. The summed E-state index contributed by atoms with van der Waals surface area (Å²) in [4.78, 5) is 4.74. The van der Waals surface area contributed by atoms with Gasteiger partial charge in [-0.1, -0.05) is 13.0 Å². The molecule has 0 saturated carbocycles. The molecule has 28 heavy (non-hydrogen) atoms. The lowest BCUT2D eigenvalue weighted by Gasteiger charge is -2.35. The highest BCUT2D eigenvalue weighted by molar-refractivity contribution is 7.71. The van der Waals surface area contributed by atoms with Crippen molar-refractivity contribution in [2.24, 2.45) is 0 Å². The third kappa shape index (κ3) is 6.90. The molecule has 0 atom stereocenters. The van der Waals surface area contributed by atoms with E-state index >= 15 is 0 Å². The minimum absolute atomic E-state index is 0. The fraction of sp³-hybridized carbons (Fsp3) is 0.333. The number of pyridine rings is 1. The Bertz CT molecular complexity index is 863. The number of nitrogens with one attached hydrogen (secondary N) is 1. The lowest BCUT2D eigenvalue weighted by molar-refractivity contribution is 0.271. The Morgan fingerprint density at radius 2 is 1.64 bits per heavy atom. The highest BCUT2D eigenvalue weighted by atomic mass is 35.5. The number of H-pyrrole nitrogens is 1. The van der Waals surface area contributed by atoms with Gasteiger partial charge in [0.05, 0.1) is 0 Å². The SMILES string of the molecule is CCN1CCN(c2ccc(F)cc2)CC1.Cl.Cl.Cl.S=c1[nH]nc2ccccn12. The Morgan fingerprint density at radius 3 is 2.21 bits per heavy atom. The van der Waals surface area contributed by atoms with Crippen molar-refractivity contribution < 1.29 is 4.39 Å². The van der Waals surface area contributed by atoms with Crippen LogP contribution >= 0.6 is 49.4 Å². The Morgan fingerprint density at radius 1 is 1.00 bits per heavy atom. The molecular formula is C18H25Cl3FN5S. The van der Waals surface area contributed by atoms with E-state index in [0.29, 0.717) is 4.77 Å². The molecule has 156 valence electrons. The Balaban J connectivity index is 0.000000497. The fourth-order valence-corrected chi connectivity index (χ4v) is 3.03. The molecule has 3 heterocycles. The molecule has 10 heteroatoms. The number of anilines is 1. The van der Waals surface area contributed by atoms with Crippen molar-refractivity contribution in [2.45, 2.75) is 6.92 Å². The molecule has 1 aliphatic heterocycles. The van der Waals surface area contributed by atoms with Gasteiger partial charge in [-0.15, -0.1) is 37.2 Å². The number of halogens is 4. The zero-order valence-corrected chi connectivity index (χ0v) is 18.7. The maximum atomic E-state index is 12.7. The van der Waals surface area contributed by atoms with E-state index in [-0.39, 0.29) is 43.0 Å². The molecule has 1 N–H and O–H groups in total. The number of aromatic nitrogens is 3. The topological polar surface area (TPSA) is 39.6 Å². The van der Waals surface area contributed by atoms with E-state index in [4.69, 9.17) is 12.2 Å². The van der Waals surface area contributed by atoms with Crippen LogP contribution in [0.3, 0.4) is 0 Å². The Hall–Kier alpha value is -1.38. The minimum atomic E-state index is -0.161. The molecule has 4 rings (SSSR count). The van der Waals surface area contributed by atoms with Crippen LogP contribution in [0, 0.1) is 10.6 Å². The average molecular weight is 469 g/mol. The first kappa shape index (κ1) is 26.6. The van der Waals surface area contributed by atoms with Crippen molar-refractivity contribution >= 4 is 60.8 Å². The first-order valence-electron chi connectivity index (χ1n) is 8.42. The van der Waals surface area contributed by atoms with E-state index in [1.807, 2.05) is 40.9 Å². The summed E-state index contributed by atoms with van der Waals surface area (Å²) < 4.78 is 15.2. The van der Waals surface area contributed by atoms with Crippen LogP contribution in [0.1, 0.15) is 6.92 Å². The number of hydrogen-bond donors (Lipinski definition) is 1. The van der Waals surface area contributed by atoms with Gasteiger partial charge in [0.2, 0.25) is 0 Å². The van der Waals surface area contributed by atoms with Gasteiger partial charge in [0, 0.05) is 38.1 Å². The second-order valence-corrected chi connectivity index (χ2v) is 6.24. The van der Waals surface area contributed by atoms with Gasteiger partial charge in [-0.2, -0.15) is 5.10 Å². The van der Waals surface area contributed by atoms with E-state index in [0.717, 1.165) is 44.1 Å². The molecule has 3 aromatic rings. The van der Waals surface area contributed by atoms with Gasteiger partial charge in [-0.05, 0) is 55.2 Å². The van der Waals surface area contributed by atoms with E-state index in [2.05, 4.69) is 26.9 Å². The van der Waals surface area contributed by atoms with Crippen LogP contribution in [-0.4, -0.2) is 52.2 Å². The molecule has 0 radical (unpaired) electrons. The minimum Gasteiger partial charge on any atom is -0.369 e. The molecule has 0 amide bonds. The van der Waals surface area contributed by atoms with Crippen molar-refractivity contribution in [1.82, 2.24) is 19.5 Å². The van der Waals surface area contributed by atoms with Gasteiger partial charge in [-0.3, -0.25) is 9.50 Å². The maximum Gasteiger partial charge on any atom is 0.199 e.